The molecular formula is C13H20N4O. The maximum atomic E-state index is 11.9. The highest BCUT2D eigenvalue weighted by molar-refractivity contribution is 5.74. The maximum Gasteiger partial charge on any atom is 0.317 e. The molecule has 0 spiro atoms. The summed E-state index contributed by atoms with van der Waals surface area (Å²) in [5.41, 5.74) is 1.07. The zero-order valence-corrected chi connectivity index (χ0v) is 10.8. The molecule has 1 aliphatic rings. The first-order valence-corrected chi connectivity index (χ1v) is 6.43. The van der Waals surface area contributed by atoms with Gasteiger partial charge in [-0.3, -0.25) is 4.98 Å². The second-order valence-corrected chi connectivity index (χ2v) is 4.44. The van der Waals surface area contributed by atoms with E-state index in [1.165, 1.54) is 0 Å². The van der Waals surface area contributed by atoms with Crippen LogP contribution in [0.5, 0.6) is 0 Å². The van der Waals surface area contributed by atoms with E-state index in [1.807, 2.05) is 17.0 Å². The fourth-order valence-electron chi connectivity index (χ4n) is 2.06. The summed E-state index contributed by atoms with van der Waals surface area (Å²) in [4.78, 5) is 20.1. The fraction of sp³-hybridized carbons (Fsp3) is 0.538. The number of hydrogen-bond donors (Lipinski definition) is 1. The largest absolute Gasteiger partial charge is 0.334 e. The summed E-state index contributed by atoms with van der Waals surface area (Å²) < 4.78 is 0. The third kappa shape index (κ3) is 3.43. The van der Waals surface area contributed by atoms with Crippen molar-refractivity contribution in [2.45, 2.75) is 13.5 Å². The highest BCUT2D eigenvalue weighted by Crippen LogP contribution is 2.02. The molecule has 98 valence electrons. The highest BCUT2D eigenvalue weighted by atomic mass is 16.2. The van der Waals surface area contributed by atoms with Crippen molar-refractivity contribution in [3.8, 4) is 0 Å². The van der Waals surface area contributed by atoms with Crippen molar-refractivity contribution in [1.29, 1.82) is 0 Å². The van der Waals surface area contributed by atoms with E-state index in [0.29, 0.717) is 6.54 Å². The van der Waals surface area contributed by atoms with Crippen LogP contribution in [0.15, 0.2) is 24.5 Å². The minimum atomic E-state index is 0.0302. The quantitative estimate of drug-likeness (QED) is 0.865. The van der Waals surface area contributed by atoms with Gasteiger partial charge in [0.1, 0.15) is 0 Å². The molecule has 0 bridgehead atoms. The fourth-order valence-corrected chi connectivity index (χ4v) is 2.06. The minimum absolute atomic E-state index is 0.0302. The second kappa shape index (κ2) is 6.35. The first kappa shape index (κ1) is 12.8. The number of carbonyl (C=O) groups excluding carboxylic acids is 1. The van der Waals surface area contributed by atoms with Crippen molar-refractivity contribution in [3.05, 3.63) is 30.1 Å². The Morgan fingerprint density at radius 1 is 1.28 bits per heavy atom. The van der Waals surface area contributed by atoms with Crippen LogP contribution < -0.4 is 5.32 Å². The highest BCUT2D eigenvalue weighted by Gasteiger charge is 2.19. The third-order valence-corrected chi connectivity index (χ3v) is 3.30. The number of nitrogens with zero attached hydrogens (tertiary/aromatic N) is 3. The summed E-state index contributed by atoms with van der Waals surface area (Å²) in [6.07, 6.45) is 3.48. The van der Waals surface area contributed by atoms with E-state index in [1.54, 1.807) is 12.4 Å². The van der Waals surface area contributed by atoms with E-state index >= 15 is 0 Å². The molecule has 2 amide bonds. The van der Waals surface area contributed by atoms with Gasteiger partial charge in [-0.2, -0.15) is 0 Å². The van der Waals surface area contributed by atoms with Crippen molar-refractivity contribution in [3.63, 3.8) is 0 Å². The van der Waals surface area contributed by atoms with E-state index in [2.05, 4.69) is 22.1 Å². The number of hydrogen-bond acceptors (Lipinski definition) is 3. The Balaban J connectivity index is 1.75. The molecular weight excluding hydrogens is 228 g/mol. The number of nitrogens with one attached hydrogen (secondary N) is 1. The van der Waals surface area contributed by atoms with Crippen molar-refractivity contribution >= 4 is 6.03 Å². The van der Waals surface area contributed by atoms with Crippen LogP contribution >= 0.6 is 0 Å². The number of aromatic nitrogens is 1. The van der Waals surface area contributed by atoms with Gasteiger partial charge in [-0.25, -0.2) is 4.79 Å². The first-order valence-electron chi connectivity index (χ1n) is 6.43. The zero-order valence-electron chi connectivity index (χ0n) is 10.8. The topological polar surface area (TPSA) is 48.5 Å². The van der Waals surface area contributed by atoms with Crippen LogP contribution in [0.25, 0.3) is 0 Å². The van der Waals surface area contributed by atoms with Gasteiger partial charge < -0.3 is 15.1 Å². The lowest BCUT2D eigenvalue weighted by Crippen LogP contribution is -2.51. The van der Waals surface area contributed by atoms with Crippen LogP contribution in [0.3, 0.4) is 0 Å². The number of urea groups is 1. The van der Waals surface area contributed by atoms with Gasteiger partial charge in [-0.1, -0.05) is 6.92 Å². The molecule has 1 fully saturated rings. The lowest BCUT2D eigenvalue weighted by Gasteiger charge is -2.34. The van der Waals surface area contributed by atoms with E-state index in [4.69, 9.17) is 0 Å². The number of piperazine rings is 1. The molecule has 5 heteroatoms. The van der Waals surface area contributed by atoms with E-state index in [9.17, 15) is 4.79 Å². The zero-order chi connectivity index (χ0) is 12.8. The number of pyridine rings is 1. The Hall–Kier alpha value is -1.62. The van der Waals surface area contributed by atoms with Crippen molar-refractivity contribution < 1.29 is 4.79 Å². The summed E-state index contributed by atoms with van der Waals surface area (Å²) in [6.45, 7) is 7.35. The van der Waals surface area contributed by atoms with Gasteiger partial charge >= 0.3 is 6.03 Å². The Morgan fingerprint density at radius 2 is 1.94 bits per heavy atom. The molecule has 0 unspecified atom stereocenters. The first-order chi connectivity index (χ1) is 8.79. The minimum Gasteiger partial charge on any atom is -0.334 e. The molecule has 0 aromatic carbocycles. The third-order valence-electron chi connectivity index (χ3n) is 3.30. The Labute approximate surface area is 108 Å². The van der Waals surface area contributed by atoms with Gasteiger partial charge in [0.25, 0.3) is 0 Å². The van der Waals surface area contributed by atoms with Gasteiger partial charge in [0.05, 0.1) is 0 Å². The monoisotopic (exact) mass is 248 g/mol. The van der Waals surface area contributed by atoms with Gasteiger partial charge in [0.2, 0.25) is 0 Å². The van der Waals surface area contributed by atoms with Crippen molar-refractivity contribution in [2.75, 3.05) is 32.7 Å². The molecule has 1 aliphatic heterocycles. The summed E-state index contributed by atoms with van der Waals surface area (Å²) in [5, 5.41) is 2.94. The van der Waals surface area contributed by atoms with Gasteiger partial charge in [0, 0.05) is 45.1 Å². The average Bonchev–Trinajstić information content (AvgIpc) is 2.46. The molecule has 18 heavy (non-hydrogen) atoms. The van der Waals surface area contributed by atoms with Crippen molar-refractivity contribution in [1.82, 2.24) is 20.1 Å². The number of rotatable bonds is 3. The lowest BCUT2D eigenvalue weighted by atomic mass is 10.3. The predicted octanol–water partition coefficient (Wildman–Crippen LogP) is 0.929. The van der Waals surface area contributed by atoms with E-state index < -0.39 is 0 Å². The molecule has 0 atom stereocenters. The van der Waals surface area contributed by atoms with Gasteiger partial charge in [-0.05, 0) is 24.2 Å². The van der Waals surface area contributed by atoms with E-state index in [-0.39, 0.29) is 6.03 Å². The molecule has 1 aromatic rings. The standard InChI is InChI=1S/C13H20N4O/c1-2-16-7-9-17(10-8-16)13(18)15-11-12-3-5-14-6-4-12/h3-6H,2,7-11H2,1H3,(H,15,18). The van der Waals surface area contributed by atoms with Crippen LogP contribution in [-0.4, -0.2) is 53.5 Å². The normalized spacial score (nSPS) is 16.6. The van der Waals surface area contributed by atoms with Crippen LogP contribution in [0, 0.1) is 0 Å². The van der Waals surface area contributed by atoms with E-state index in [0.717, 1.165) is 38.3 Å². The van der Waals surface area contributed by atoms with Gasteiger partial charge in [-0.15, -0.1) is 0 Å². The lowest BCUT2D eigenvalue weighted by molar-refractivity contribution is 0.142. The molecule has 2 rings (SSSR count). The summed E-state index contributed by atoms with van der Waals surface area (Å²) in [5.74, 6) is 0. The Bertz CT molecular complexity index is 374. The second-order valence-electron chi connectivity index (χ2n) is 4.44. The molecule has 0 saturated carbocycles. The van der Waals surface area contributed by atoms with Gasteiger partial charge in [0.15, 0.2) is 0 Å². The van der Waals surface area contributed by atoms with Crippen LogP contribution in [0.2, 0.25) is 0 Å². The molecule has 1 N–H and O–H groups in total. The summed E-state index contributed by atoms with van der Waals surface area (Å²) >= 11 is 0. The number of amides is 2. The predicted molar refractivity (Wildman–Crippen MR) is 70.2 cm³/mol. The SMILES string of the molecule is CCN1CCN(C(=O)NCc2ccncc2)CC1. The van der Waals surface area contributed by atoms with Crippen LogP contribution in [0.1, 0.15) is 12.5 Å². The molecule has 2 heterocycles. The molecule has 1 saturated heterocycles. The van der Waals surface area contributed by atoms with Crippen molar-refractivity contribution in [2.24, 2.45) is 0 Å². The number of carbonyl (C=O) groups is 1. The molecule has 5 nitrogen and oxygen atoms in total. The maximum absolute atomic E-state index is 11.9. The van der Waals surface area contributed by atoms with Crippen LogP contribution in [-0.2, 0) is 6.54 Å². The number of likely N-dealkylation sites (N-methyl/N-ethyl adjacent to an activating group) is 1. The Morgan fingerprint density at radius 3 is 2.56 bits per heavy atom. The molecule has 0 radical (unpaired) electrons. The summed E-state index contributed by atoms with van der Waals surface area (Å²) in [6, 6.07) is 3.85. The molecule has 1 aromatic heterocycles. The molecule has 0 aliphatic carbocycles. The Kier molecular flexibility index (Phi) is 4.52. The average molecular weight is 248 g/mol. The van der Waals surface area contributed by atoms with Crippen LogP contribution in [0.4, 0.5) is 4.79 Å². The smallest absolute Gasteiger partial charge is 0.317 e. The summed E-state index contributed by atoms with van der Waals surface area (Å²) in [7, 11) is 0.